The summed E-state index contributed by atoms with van der Waals surface area (Å²) in [6.07, 6.45) is -0.645. The molecule has 0 spiro atoms. The monoisotopic (exact) mass is 369 g/mol. The highest BCUT2D eigenvalue weighted by atomic mass is 16.6. The predicted molar refractivity (Wildman–Crippen MR) is 111 cm³/mol. The zero-order valence-corrected chi connectivity index (χ0v) is 15.2. The van der Waals surface area contributed by atoms with Crippen molar-refractivity contribution in [1.82, 2.24) is 0 Å². The first-order valence-electron chi connectivity index (χ1n) is 9.36. The number of fused-ring (bicyclic) bond motifs is 2. The molecule has 28 heavy (non-hydrogen) atoms. The van der Waals surface area contributed by atoms with Crippen molar-refractivity contribution in [2.45, 2.75) is 6.10 Å². The highest BCUT2D eigenvalue weighted by Crippen LogP contribution is 2.31. The van der Waals surface area contributed by atoms with Crippen molar-refractivity contribution < 1.29 is 14.3 Å². The van der Waals surface area contributed by atoms with E-state index in [1.165, 1.54) is 0 Å². The molecule has 1 amide bonds. The fraction of sp³-hybridized carbons (Fsp3) is 0.125. The van der Waals surface area contributed by atoms with Gasteiger partial charge in [-0.05, 0) is 22.9 Å². The van der Waals surface area contributed by atoms with Crippen LogP contribution in [0.2, 0.25) is 0 Å². The van der Waals surface area contributed by atoms with Gasteiger partial charge in [-0.2, -0.15) is 0 Å². The summed E-state index contributed by atoms with van der Waals surface area (Å²) in [4.78, 5) is 14.2. The maximum absolute atomic E-state index is 12.5. The Bertz CT molecular complexity index is 1160. The minimum Gasteiger partial charge on any atom is -0.489 e. The van der Waals surface area contributed by atoms with Gasteiger partial charge in [0.05, 0.1) is 12.2 Å². The molecule has 1 fully saturated rings. The van der Waals surface area contributed by atoms with Gasteiger partial charge in [0, 0.05) is 10.8 Å². The van der Waals surface area contributed by atoms with E-state index < -0.39 is 0 Å². The summed E-state index contributed by atoms with van der Waals surface area (Å²) in [6.45, 7) is 0.790. The van der Waals surface area contributed by atoms with E-state index in [4.69, 9.17) is 9.47 Å². The van der Waals surface area contributed by atoms with Crippen LogP contribution in [-0.2, 0) is 4.74 Å². The summed E-state index contributed by atoms with van der Waals surface area (Å²) in [5.74, 6) is 0.803. The molecular weight excluding hydrogens is 350 g/mol. The average molecular weight is 369 g/mol. The summed E-state index contributed by atoms with van der Waals surface area (Å²) in [6, 6.07) is 28.1. The molecule has 0 N–H and O–H groups in total. The van der Waals surface area contributed by atoms with Crippen LogP contribution in [-0.4, -0.2) is 25.3 Å². The largest absolute Gasteiger partial charge is 0.489 e. The van der Waals surface area contributed by atoms with Crippen LogP contribution >= 0.6 is 0 Å². The Morgan fingerprint density at radius 1 is 0.821 bits per heavy atom. The number of cyclic esters (lactones) is 1. The molecule has 0 saturated carbocycles. The molecule has 0 radical (unpaired) electrons. The molecule has 0 aliphatic carbocycles. The number of hydrogen-bond donors (Lipinski definition) is 0. The van der Waals surface area contributed by atoms with E-state index in [0.29, 0.717) is 13.2 Å². The predicted octanol–water partition coefficient (Wildman–Crippen LogP) is 5.40. The quantitative estimate of drug-likeness (QED) is 0.484. The van der Waals surface area contributed by atoms with E-state index in [-0.39, 0.29) is 12.2 Å². The van der Waals surface area contributed by atoms with Crippen molar-refractivity contribution in [2.75, 3.05) is 18.1 Å². The molecule has 1 aliphatic rings. The zero-order valence-electron chi connectivity index (χ0n) is 15.2. The van der Waals surface area contributed by atoms with Gasteiger partial charge in [0.15, 0.2) is 6.10 Å². The standard InChI is InChI=1S/C24H19NO3/c26-24-25(22-13-5-9-17-7-1-3-11-20(17)22)15-19(28-24)16-27-23-14-6-10-18-8-2-4-12-21(18)23/h1-14,19H,15-16H2. The Morgan fingerprint density at radius 2 is 1.46 bits per heavy atom. The second-order valence-corrected chi connectivity index (χ2v) is 6.90. The maximum atomic E-state index is 12.5. The fourth-order valence-corrected chi connectivity index (χ4v) is 3.75. The molecule has 4 nitrogen and oxygen atoms in total. The molecule has 1 saturated heterocycles. The number of amides is 1. The number of carbonyl (C=O) groups excluding carboxylic acids is 1. The average Bonchev–Trinajstić information content (AvgIpc) is 3.12. The number of rotatable bonds is 4. The highest BCUT2D eigenvalue weighted by molar-refractivity contribution is 6.02. The molecule has 1 aliphatic heterocycles. The van der Waals surface area contributed by atoms with Crippen molar-refractivity contribution >= 4 is 33.3 Å². The molecular formula is C24H19NO3. The zero-order chi connectivity index (χ0) is 18.9. The van der Waals surface area contributed by atoms with Crippen molar-refractivity contribution in [3.05, 3.63) is 84.9 Å². The normalized spacial score (nSPS) is 16.5. The number of carbonyl (C=O) groups is 1. The third-order valence-electron chi connectivity index (χ3n) is 5.11. The molecule has 138 valence electrons. The smallest absolute Gasteiger partial charge is 0.414 e. The van der Waals surface area contributed by atoms with Crippen molar-refractivity contribution in [3.8, 4) is 5.75 Å². The third-order valence-corrected chi connectivity index (χ3v) is 5.11. The first-order chi connectivity index (χ1) is 13.8. The summed E-state index contributed by atoms with van der Waals surface area (Å²) in [5.41, 5.74) is 0.871. The van der Waals surface area contributed by atoms with Gasteiger partial charge in [-0.25, -0.2) is 4.79 Å². The number of nitrogens with zero attached hydrogens (tertiary/aromatic N) is 1. The molecule has 4 aromatic carbocycles. The Labute approximate surface area is 162 Å². The van der Waals surface area contributed by atoms with Gasteiger partial charge < -0.3 is 9.47 Å². The third kappa shape index (κ3) is 2.93. The molecule has 4 heteroatoms. The van der Waals surface area contributed by atoms with Gasteiger partial charge in [-0.15, -0.1) is 0 Å². The van der Waals surface area contributed by atoms with Crippen molar-refractivity contribution in [2.24, 2.45) is 0 Å². The second-order valence-electron chi connectivity index (χ2n) is 6.90. The van der Waals surface area contributed by atoms with Gasteiger partial charge in [-0.3, -0.25) is 4.90 Å². The van der Waals surface area contributed by atoms with Gasteiger partial charge >= 0.3 is 6.09 Å². The summed E-state index contributed by atoms with van der Waals surface area (Å²) < 4.78 is 11.6. The lowest BCUT2D eigenvalue weighted by molar-refractivity contribution is 0.105. The van der Waals surface area contributed by atoms with Crippen LogP contribution in [0, 0.1) is 0 Å². The second kappa shape index (κ2) is 6.89. The molecule has 1 atom stereocenters. The number of hydrogen-bond acceptors (Lipinski definition) is 3. The minimum atomic E-state index is -0.331. The van der Waals surface area contributed by atoms with Crippen LogP contribution < -0.4 is 9.64 Å². The lowest BCUT2D eigenvalue weighted by atomic mass is 10.1. The summed E-state index contributed by atoms with van der Waals surface area (Å²) in [5, 5.41) is 4.32. The molecule has 1 unspecified atom stereocenters. The van der Waals surface area contributed by atoms with Gasteiger partial charge in [0.1, 0.15) is 12.4 Å². The maximum Gasteiger partial charge on any atom is 0.414 e. The Hall–Kier alpha value is -3.53. The topological polar surface area (TPSA) is 38.8 Å². The molecule has 0 aromatic heterocycles. The minimum absolute atomic E-state index is 0.314. The Morgan fingerprint density at radius 3 is 2.29 bits per heavy atom. The van der Waals surface area contributed by atoms with Crippen LogP contribution in [0.25, 0.3) is 21.5 Å². The molecule has 1 heterocycles. The van der Waals surface area contributed by atoms with Gasteiger partial charge in [-0.1, -0.05) is 72.8 Å². The van der Waals surface area contributed by atoms with Crippen molar-refractivity contribution in [1.29, 1.82) is 0 Å². The van der Waals surface area contributed by atoms with E-state index in [1.807, 2.05) is 72.8 Å². The lowest BCUT2D eigenvalue weighted by Gasteiger charge is -2.16. The van der Waals surface area contributed by atoms with Gasteiger partial charge in [0.25, 0.3) is 0 Å². The molecule has 4 aromatic rings. The van der Waals surface area contributed by atoms with Crippen LogP contribution in [0.15, 0.2) is 84.9 Å². The lowest BCUT2D eigenvalue weighted by Crippen LogP contribution is -2.26. The van der Waals surface area contributed by atoms with Crippen LogP contribution in [0.1, 0.15) is 0 Å². The van der Waals surface area contributed by atoms with Crippen LogP contribution in [0.4, 0.5) is 10.5 Å². The van der Waals surface area contributed by atoms with E-state index in [2.05, 4.69) is 12.1 Å². The fourth-order valence-electron chi connectivity index (χ4n) is 3.75. The number of benzene rings is 4. The number of ether oxygens (including phenoxy) is 2. The van der Waals surface area contributed by atoms with Crippen molar-refractivity contribution in [3.63, 3.8) is 0 Å². The Kier molecular flexibility index (Phi) is 4.09. The van der Waals surface area contributed by atoms with Gasteiger partial charge in [0.2, 0.25) is 0 Å². The van der Waals surface area contributed by atoms with E-state index in [0.717, 1.165) is 33.0 Å². The number of anilines is 1. The Balaban J connectivity index is 1.35. The van der Waals surface area contributed by atoms with E-state index in [1.54, 1.807) is 4.90 Å². The van der Waals surface area contributed by atoms with E-state index >= 15 is 0 Å². The van der Waals surface area contributed by atoms with E-state index in [9.17, 15) is 4.79 Å². The van der Waals surface area contributed by atoms with Crippen LogP contribution in [0.5, 0.6) is 5.75 Å². The SMILES string of the molecule is O=C1OC(COc2cccc3ccccc23)CN1c1cccc2ccccc12. The molecule has 5 rings (SSSR count). The summed E-state index contributed by atoms with van der Waals surface area (Å²) >= 11 is 0. The first kappa shape index (κ1) is 16.6. The summed E-state index contributed by atoms with van der Waals surface area (Å²) in [7, 11) is 0. The highest BCUT2D eigenvalue weighted by Gasteiger charge is 2.33. The van der Waals surface area contributed by atoms with Crippen LogP contribution in [0.3, 0.4) is 0 Å². The first-order valence-corrected chi connectivity index (χ1v) is 9.36. The molecule has 0 bridgehead atoms.